The van der Waals surface area contributed by atoms with Crippen LogP contribution in [0.2, 0.25) is 0 Å². The van der Waals surface area contributed by atoms with Crippen LogP contribution in [0, 0.1) is 17.2 Å². The number of nitriles is 1. The molecule has 2 N–H and O–H groups in total. The highest BCUT2D eigenvalue weighted by atomic mass is 16.2. The van der Waals surface area contributed by atoms with Crippen molar-refractivity contribution in [2.75, 3.05) is 44.7 Å². The molecule has 0 unspecified atom stereocenters. The molecular weight excluding hydrogens is 354 g/mol. The van der Waals surface area contributed by atoms with E-state index in [1.807, 2.05) is 30.3 Å². The zero-order chi connectivity index (χ0) is 19.9. The molecule has 28 heavy (non-hydrogen) atoms. The molecule has 1 aliphatic carbocycles. The van der Waals surface area contributed by atoms with Gasteiger partial charge in [-0.3, -0.25) is 9.59 Å². The van der Waals surface area contributed by atoms with E-state index in [-0.39, 0.29) is 30.3 Å². The van der Waals surface area contributed by atoms with Crippen LogP contribution >= 0.6 is 0 Å². The normalized spacial score (nSPS) is 22.9. The lowest BCUT2D eigenvalue weighted by Gasteiger charge is -2.34. The molecule has 1 aromatic carbocycles. The van der Waals surface area contributed by atoms with Gasteiger partial charge in [0.15, 0.2) is 0 Å². The molecule has 1 heterocycles. The molecule has 2 atom stereocenters. The van der Waals surface area contributed by atoms with Gasteiger partial charge < -0.3 is 20.4 Å². The standard InChI is InChI=1S/C21H29N5O2/c1-25-12-14-26(15-13-25)17-8-6-16(7-9-17)20(27)24-19-5-3-2-4-18(19)21(28)23-11-10-22/h6-9,18-19H,2-5,11-15H2,1H3,(H,23,28)(H,24,27)/t18-,19+/m1/s1. The fourth-order valence-corrected chi connectivity index (χ4v) is 4.02. The van der Waals surface area contributed by atoms with Gasteiger partial charge in [-0.1, -0.05) is 12.8 Å². The minimum absolute atomic E-state index is 0.00372. The average molecular weight is 383 g/mol. The number of rotatable bonds is 5. The number of hydrogen-bond acceptors (Lipinski definition) is 5. The third-order valence-corrected chi connectivity index (χ3v) is 5.76. The van der Waals surface area contributed by atoms with Crippen molar-refractivity contribution in [1.82, 2.24) is 15.5 Å². The predicted octanol–water partition coefficient (Wildman–Crippen LogP) is 1.37. The van der Waals surface area contributed by atoms with Crippen molar-refractivity contribution in [1.29, 1.82) is 5.26 Å². The van der Waals surface area contributed by atoms with Crippen LogP contribution in [0.1, 0.15) is 36.0 Å². The molecule has 1 saturated heterocycles. The molecule has 150 valence electrons. The van der Waals surface area contributed by atoms with Crippen LogP contribution in [0.4, 0.5) is 5.69 Å². The van der Waals surface area contributed by atoms with Crippen molar-refractivity contribution in [3.05, 3.63) is 29.8 Å². The van der Waals surface area contributed by atoms with Gasteiger partial charge in [0.1, 0.15) is 6.54 Å². The number of benzene rings is 1. The van der Waals surface area contributed by atoms with Gasteiger partial charge in [-0.25, -0.2) is 0 Å². The molecule has 7 heteroatoms. The highest BCUT2D eigenvalue weighted by Crippen LogP contribution is 2.25. The highest BCUT2D eigenvalue weighted by Gasteiger charge is 2.32. The van der Waals surface area contributed by atoms with Crippen LogP contribution < -0.4 is 15.5 Å². The Morgan fingerprint density at radius 3 is 2.46 bits per heavy atom. The molecular formula is C21H29N5O2. The van der Waals surface area contributed by atoms with E-state index in [1.165, 1.54) is 0 Å². The van der Waals surface area contributed by atoms with Crippen molar-refractivity contribution < 1.29 is 9.59 Å². The third kappa shape index (κ3) is 5.02. The van der Waals surface area contributed by atoms with E-state index in [9.17, 15) is 9.59 Å². The quantitative estimate of drug-likeness (QED) is 0.750. The fraction of sp³-hybridized carbons (Fsp3) is 0.571. The summed E-state index contributed by atoms with van der Waals surface area (Å²) in [5, 5.41) is 14.3. The molecule has 0 aromatic heterocycles. The third-order valence-electron chi connectivity index (χ3n) is 5.76. The van der Waals surface area contributed by atoms with Gasteiger partial charge >= 0.3 is 0 Å². The predicted molar refractivity (Wildman–Crippen MR) is 108 cm³/mol. The van der Waals surface area contributed by atoms with Gasteiger partial charge in [0.2, 0.25) is 5.91 Å². The van der Waals surface area contributed by atoms with Crippen molar-refractivity contribution in [3.63, 3.8) is 0 Å². The number of likely N-dealkylation sites (N-methyl/N-ethyl adjacent to an activating group) is 1. The molecule has 1 aliphatic heterocycles. The second-order valence-electron chi connectivity index (χ2n) is 7.68. The Hall–Kier alpha value is -2.59. The first-order chi connectivity index (χ1) is 13.6. The molecule has 3 rings (SSSR count). The Kier molecular flexibility index (Phi) is 6.88. The molecule has 2 aliphatic rings. The largest absolute Gasteiger partial charge is 0.369 e. The lowest BCUT2D eigenvalue weighted by molar-refractivity contribution is -0.126. The minimum atomic E-state index is -0.268. The maximum absolute atomic E-state index is 12.7. The lowest BCUT2D eigenvalue weighted by atomic mass is 9.83. The number of amides is 2. The first-order valence-corrected chi connectivity index (χ1v) is 10.1. The van der Waals surface area contributed by atoms with Gasteiger partial charge in [0.05, 0.1) is 12.0 Å². The minimum Gasteiger partial charge on any atom is -0.369 e. The van der Waals surface area contributed by atoms with Crippen LogP contribution in [0.3, 0.4) is 0 Å². The summed E-state index contributed by atoms with van der Waals surface area (Å²) in [6, 6.07) is 9.46. The number of carbonyl (C=O) groups excluding carboxylic acids is 2. The molecule has 2 fully saturated rings. The Bertz CT molecular complexity index is 719. The summed E-state index contributed by atoms with van der Waals surface area (Å²) < 4.78 is 0. The topological polar surface area (TPSA) is 88.5 Å². The highest BCUT2D eigenvalue weighted by molar-refractivity contribution is 5.95. The maximum Gasteiger partial charge on any atom is 0.251 e. The van der Waals surface area contributed by atoms with E-state index in [0.717, 1.165) is 57.5 Å². The number of piperazine rings is 1. The number of anilines is 1. The lowest BCUT2D eigenvalue weighted by Crippen LogP contribution is -2.48. The first-order valence-electron chi connectivity index (χ1n) is 10.1. The van der Waals surface area contributed by atoms with Crippen LogP contribution in [0.25, 0.3) is 0 Å². The van der Waals surface area contributed by atoms with Crippen molar-refractivity contribution >= 4 is 17.5 Å². The van der Waals surface area contributed by atoms with E-state index < -0.39 is 0 Å². The molecule has 1 aromatic rings. The molecule has 1 saturated carbocycles. The summed E-state index contributed by atoms with van der Waals surface area (Å²) in [7, 11) is 2.13. The zero-order valence-corrected chi connectivity index (χ0v) is 16.5. The molecule has 7 nitrogen and oxygen atoms in total. The van der Waals surface area contributed by atoms with Crippen LogP contribution in [-0.4, -0.2) is 62.5 Å². The summed E-state index contributed by atoms with van der Waals surface area (Å²) in [5.74, 6) is -0.553. The van der Waals surface area contributed by atoms with E-state index in [2.05, 4.69) is 27.5 Å². The first kappa shape index (κ1) is 20.2. The smallest absolute Gasteiger partial charge is 0.251 e. The van der Waals surface area contributed by atoms with E-state index in [4.69, 9.17) is 5.26 Å². The van der Waals surface area contributed by atoms with Gasteiger partial charge in [-0.2, -0.15) is 5.26 Å². The maximum atomic E-state index is 12.7. The van der Waals surface area contributed by atoms with Crippen molar-refractivity contribution in [2.45, 2.75) is 31.7 Å². The molecule has 2 amide bonds. The Morgan fingerprint density at radius 1 is 1.11 bits per heavy atom. The second kappa shape index (κ2) is 9.56. The van der Waals surface area contributed by atoms with Gasteiger partial charge in [0.25, 0.3) is 5.91 Å². The summed E-state index contributed by atoms with van der Waals surface area (Å²) in [6.45, 7) is 4.06. The summed E-state index contributed by atoms with van der Waals surface area (Å²) in [6.07, 6.45) is 3.49. The number of carbonyl (C=O) groups is 2. The summed E-state index contributed by atoms with van der Waals surface area (Å²) in [4.78, 5) is 29.7. The molecule has 0 radical (unpaired) electrons. The zero-order valence-electron chi connectivity index (χ0n) is 16.5. The summed E-state index contributed by atoms with van der Waals surface area (Å²) in [5.41, 5.74) is 1.75. The van der Waals surface area contributed by atoms with Crippen molar-refractivity contribution in [2.24, 2.45) is 5.92 Å². The van der Waals surface area contributed by atoms with Crippen LogP contribution in [0.5, 0.6) is 0 Å². The Labute approximate surface area is 166 Å². The van der Waals surface area contributed by atoms with Gasteiger partial charge in [-0.05, 0) is 44.2 Å². The van der Waals surface area contributed by atoms with Gasteiger partial charge in [-0.15, -0.1) is 0 Å². The fourth-order valence-electron chi connectivity index (χ4n) is 4.02. The monoisotopic (exact) mass is 383 g/mol. The van der Waals surface area contributed by atoms with Gasteiger partial charge in [0, 0.05) is 43.5 Å². The SMILES string of the molecule is CN1CCN(c2ccc(C(=O)N[C@H]3CCCC[C@H]3C(=O)NCC#N)cc2)CC1. The molecule has 0 spiro atoms. The van der Waals surface area contributed by atoms with E-state index >= 15 is 0 Å². The van der Waals surface area contributed by atoms with Crippen LogP contribution in [0.15, 0.2) is 24.3 Å². The number of nitrogens with one attached hydrogen (secondary N) is 2. The second-order valence-corrected chi connectivity index (χ2v) is 7.68. The average Bonchev–Trinajstić information content (AvgIpc) is 2.73. The number of hydrogen-bond donors (Lipinski definition) is 2. The Morgan fingerprint density at radius 2 is 1.79 bits per heavy atom. The number of nitrogens with zero attached hydrogens (tertiary/aromatic N) is 3. The van der Waals surface area contributed by atoms with E-state index in [0.29, 0.717) is 5.56 Å². The summed E-state index contributed by atoms with van der Waals surface area (Å²) >= 11 is 0. The van der Waals surface area contributed by atoms with Crippen molar-refractivity contribution in [3.8, 4) is 6.07 Å². The van der Waals surface area contributed by atoms with Crippen LogP contribution in [-0.2, 0) is 4.79 Å². The van der Waals surface area contributed by atoms with E-state index in [1.54, 1.807) is 0 Å². The Balaban J connectivity index is 1.60. The molecule has 0 bridgehead atoms.